The van der Waals surface area contributed by atoms with Crippen molar-refractivity contribution >= 4 is 29.2 Å². The smallest absolute Gasteiger partial charge is 0.338 e. The lowest BCUT2D eigenvalue weighted by Crippen LogP contribution is -2.21. The number of amides is 1. The minimum Gasteiger partial charge on any atom is -0.497 e. The van der Waals surface area contributed by atoms with Gasteiger partial charge >= 0.3 is 5.97 Å². The highest BCUT2D eigenvalue weighted by molar-refractivity contribution is 6.32. The topological polar surface area (TPSA) is 77.5 Å². The average molecular weight is 321 g/mol. The summed E-state index contributed by atoms with van der Waals surface area (Å²) in [6, 6.07) is 9.68. The van der Waals surface area contributed by atoms with Gasteiger partial charge in [0, 0.05) is 6.20 Å². The Kier molecular flexibility index (Phi) is 5.32. The molecular weight excluding hydrogens is 308 g/mol. The fourth-order valence-electron chi connectivity index (χ4n) is 1.63. The number of aromatic nitrogens is 1. The molecule has 1 aromatic carbocycles. The summed E-state index contributed by atoms with van der Waals surface area (Å²) in [6.45, 7) is -0.429. The van der Waals surface area contributed by atoms with Crippen LogP contribution in [0.25, 0.3) is 0 Å². The van der Waals surface area contributed by atoms with Crippen LogP contribution in [-0.2, 0) is 9.53 Å². The first-order valence-corrected chi connectivity index (χ1v) is 6.69. The van der Waals surface area contributed by atoms with E-state index in [0.717, 1.165) is 0 Å². The van der Waals surface area contributed by atoms with Gasteiger partial charge in [-0.05, 0) is 30.3 Å². The van der Waals surface area contributed by atoms with E-state index in [9.17, 15) is 9.59 Å². The Labute approximate surface area is 132 Å². The van der Waals surface area contributed by atoms with E-state index in [0.29, 0.717) is 17.0 Å². The van der Waals surface area contributed by atoms with Crippen LogP contribution in [0.15, 0.2) is 42.6 Å². The van der Waals surface area contributed by atoms with Crippen LogP contribution in [0.3, 0.4) is 0 Å². The minimum atomic E-state index is -0.619. The van der Waals surface area contributed by atoms with Gasteiger partial charge in [-0.3, -0.25) is 4.79 Å². The number of pyridine rings is 1. The van der Waals surface area contributed by atoms with Crippen LogP contribution in [0.5, 0.6) is 5.75 Å². The van der Waals surface area contributed by atoms with Gasteiger partial charge in [-0.2, -0.15) is 0 Å². The lowest BCUT2D eigenvalue weighted by atomic mass is 10.2. The van der Waals surface area contributed by atoms with E-state index in [-0.39, 0.29) is 5.15 Å². The lowest BCUT2D eigenvalue weighted by molar-refractivity contribution is -0.119. The molecule has 0 fully saturated rings. The van der Waals surface area contributed by atoms with Crippen LogP contribution >= 0.6 is 11.6 Å². The van der Waals surface area contributed by atoms with Gasteiger partial charge in [0.15, 0.2) is 11.8 Å². The van der Waals surface area contributed by atoms with Gasteiger partial charge in [-0.1, -0.05) is 17.7 Å². The molecule has 114 valence electrons. The molecule has 0 unspecified atom stereocenters. The molecule has 0 atom stereocenters. The predicted molar refractivity (Wildman–Crippen MR) is 81.2 cm³/mol. The Morgan fingerprint density at radius 1 is 1.27 bits per heavy atom. The molecule has 0 aliphatic heterocycles. The summed E-state index contributed by atoms with van der Waals surface area (Å²) in [7, 11) is 1.50. The van der Waals surface area contributed by atoms with E-state index in [4.69, 9.17) is 21.1 Å². The summed E-state index contributed by atoms with van der Waals surface area (Å²) in [4.78, 5) is 27.4. The summed E-state index contributed by atoms with van der Waals surface area (Å²) in [5.41, 5.74) is 0.651. The zero-order valence-corrected chi connectivity index (χ0v) is 12.5. The van der Waals surface area contributed by atoms with E-state index >= 15 is 0 Å². The molecule has 0 saturated carbocycles. The maximum atomic E-state index is 11.8. The summed E-state index contributed by atoms with van der Waals surface area (Å²) < 4.78 is 9.95. The zero-order chi connectivity index (χ0) is 15.9. The molecule has 22 heavy (non-hydrogen) atoms. The number of carbonyl (C=O) groups excluding carboxylic acids is 2. The van der Waals surface area contributed by atoms with Crippen LogP contribution in [0, 0.1) is 0 Å². The fourth-order valence-corrected chi connectivity index (χ4v) is 1.80. The molecule has 7 heteroatoms. The monoisotopic (exact) mass is 320 g/mol. The Hall–Kier alpha value is -2.60. The Balaban J connectivity index is 1.90. The van der Waals surface area contributed by atoms with Gasteiger partial charge in [-0.15, -0.1) is 0 Å². The highest BCUT2D eigenvalue weighted by atomic mass is 35.5. The number of methoxy groups -OCH3 is 1. The standard InChI is InChI=1S/C15H13ClN2O4/c1-21-11-5-2-4-10(8-11)15(20)22-9-13(19)18-12-6-3-7-17-14(12)16/h2-8H,9H2,1H3,(H,18,19). The van der Waals surface area contributed by atoms with Crippen molar-refractivity contribution < 1.29 is 19.1 Å². The second-order valence-electron chi connectivity index (χ2n) is 4.20. The van der Waals surface area contributed by atoms with E-state index < -0.39 is 18.5 Å². The Morgan fingerprint density at radius 2 is 2.09 bits per heavy atom. The van der Waals surface area contributed by atoms with Crippen LogP contribution in [0.2, 0.25) is 5.15 Å². The number of benzene rings is 1. The molecule has 2 rings (SSSR count). The molecule has 1 aromatic heterocycles. The largest absolute Gasteiger partial charge is 0.497 e. The normalized spacial score (nSPS) is 9.91. The summed E-state index contributed by atoms with van der Waals surface area (Å²) in [6.07, 6.45) is 1.50. The molecule has 2 aromatic rings. The van der Waals surface area contributed by atoms with Crippen molar-refractivity contribution in [3.05, 3.63) is 53.3 Å². The summed E-state index contributed by atoms with van der Waals surface area (Å²) >= 11 is 5.81. The van der Waals surface area contributed by atoms with Crippen molar-refractivity contribution in [1.29, 1.82) is 0 Å². The third-order valence-electron chi connectivity index (χ3n) is 2.67. The molecule has 6 nitrogen and oxygen atoms in total. The highest BCUT2D eigenvalue weighted by Crippen LogP contribution is 2.17. The van der Waals surface area contributed by atoms with Crippen molar-refractivity contribution in [3.8, 4) is 5.75 Å². The van der Waals surface area contributed by atoms with Crippen LogP contribution in [0.4, 0.5) is 5.69 Å². The van der Waals surface area contributed by atoms with Crippen LogP contribution in [0.1, 0.15) is 10.4 Å². The van der Waals surface area contributed by atoms with Crippen LogP contribution < -0.4 is 10.1 Å². The number of halogens is 1. The number of ether oxygens (including phenoxy) is 2. The van der Waals surface area contributed by atoms with E-state index in [1.807, 2.05) is 0 Å². The van der Waals surface area contributed by atoms with Crippen molar-refractivity contribution in [1.82, 2.24) is 4.98 Å². The molecule has 0 aliphatic carbocycles. The molecule has 0 radical (unpaired) electrons. The Bertz CT molecular complexity index is 691. The molecular formula is C15H13ClN2O4. The Morgan fingerprint density at radius 3 is 2.82 bits per heavy atom. The van der Waals surface area contributed by atoms with E-state index in [2.05, 4.69) is 10.3 Å². The van der Waals surface area contributed by atoms with Gasteiger partial charge in [0.1, 0.15) is 5.75 Å². The summed E-state index contributed by atoms with van der Waals surface area (Å²) in [5, 5.41) is 2.67. The first-order valence-electron chi connectivity index (χ1n) is 6.31. The molecule has 1 amide bonds. The van der Waals surface area contributed by atoms with Gasteiger partial charge in [-0.25, -0.2) is 9.78 Å². The highest BCUT2D eigenvalue weighted by Gasteiger charge is 2.12. The molecule has 0 bridgehead atoms. The van der Waals surface area contributed by atoms with Gasteiger partial charge in [0.2, 0.25) is 0 Å². The maximum Gasteiger partial charge on any atom is 0.338 e. The number of nitrogens with zero attached hydrogens (tertiary/aromatic N) is 1. The molecule has 0 aliphatic rings. The van der Waals surface area contributed by atoms with Crippen molar-refractivity contribution in [2.24, 2.45) is 0 Å². The number of carbonyl (C=O) groups is 2. The number of hydrogen-bond donors (Lipinski definition) is 1. The quantitative estimate of drug-likeness (QED) is 0.676. The van der Waals surface area contributed by atoms with Gasteiger partial charge in [0.05, 0.1) is 18.4 Å². The van der Waals surface area contributed by atoms with Crippen molar-refractivity contribution in [2.45, 2.75) is 0 Å². The molecule has 1 heterocycles. The van der Waals surface area contributed by atoms with Gasteiger partial charge in [0.25, 0.3) is 5.91 Å². The maximum absolute atomic E-state index is 11.8. The second-order valence-corrected chi connectivity index (χ2v) is 4.56. The second kappa shape index (κ2) is 7.42. The summed E-state index contributed by atoms with van der Waals surface area (Å²) in [5.74, 6) is -0.599. The van der Waals surface area contributed by atoms with E-state index in [1.54, 1.807) is 30.3 Å². The molecule has 0 spiro atoms. The SMILES string of the molecule is COc1cccc(C(=O)OCC(=O)Nc2cccnc2Cl)c1. The van der Waals surface area contributed by atoms with Crippen molar-refractivity contribution in [2.75, 3.05) is 19.0 Å². The number of esters is 1. The number of hydrogen-bond acceptors (Lipinski definition) is 5. The minimum absolute atomic E-state index is 0.162. The number of anilines is 1. The third kappa shape index (κ3) is 4.20. The third-order valence-corrected chi connectivity index (χ3v) is 2.97. The average Bonchev–Trinajstić information content (AvgIpc) is 2.55. The first kappa shape index (κ1) is 15.8. The zero-order valence-electron chi connectivity index (χ0n) is 11.7. The molecule has 0 saturated heterocycles. The van der Waals surface area contributed by atoms with E-state index in [1.165, 1.54) is 19.4 Å². The first-order chi connectivity index (χ1) is 10.6. The fraction of sp³-hybridized carbons (Fsp3) is 0.133. The predicted octanol–water partition coefficient (Wildman–Crippen LogP) is 2.54. The number of nitrogens with one attached hydrogen (secondary N) is 1. The van der Waals surface area contributed by atoms with Gasteiger partial charge < -0.3 is 14.8 Å². The van der Waals surface area contributed by atoms with Crippen molar-refractivity contribution in [3.63, 3.8) is 0 Å². The lowest BCUT2D eigenvalue weighted by Gasteiger charge is -2.08. The van der Waals surface area contributed by atoms with Crippen LogP contribution in [-0.4, -0.2) is 30.6 Å². The molecule has 1 N–H and O–H groups in total. The number of rotatable bonds is 5.